The number of hydrogen-bond acceptors (Lipinski definition) is 1. The van der Waals surface area contributed by atoms with Crippen LogP contribution in [-0.4, -0.2) is 5.88 Å². The largest absolute Gasteiger partial charge is 0.461 e. The molecule has 0 amide bonds. The Morgan fingerprint density at radius 3 is 3.00 bits per heavy atom. The number of alkyl halides is 1. The molecule has 0 aliphatic heterocycles. The average molecular weight is 197 g/mol. The number of allylic oxidation sites excluding steroid dienone is 1. The SMILES string of the molecule is CC1CC1c1ccc(/C=C/CCl)o1. The molecule has 0 radical (unpaired) electrons. The highest BCUT2D eigenvalue weighted by Gasteiger charge is 2.36. The summed E-state index contributed by atoms with van der Waals surface area (Å²) in [4.78, 5) is 0. The van der Waals surface area contributed by atoms with Gasteiger partial charge in [0.05, 0.1) is 0 Å². The first-order valence-electron chi connectivity index (χ1n) is 4.63. The van der Waals surface area contributed by atoms with Crippen LogP contribution in [0, 0.1) is 5.92 Å². The van der Waals surface area contributed by atoms with Crippen LogP contribution in [-0.2, 0) is 0 Å². The second kappa shape index (κ2) is 3.59. The van der Waals surface area contributed by atoms with Crippen molar-refractivity contribution in [2.75, 3.05) is 5.88 Å². The average Bonchev–Trinajstić information content (AvgIpc) is 2.67. The summed E-state index contributed by atoms with van der Waals surface area (Å²) in [5, 5.41) is 0. The van der Waals surface area contributed by atoms with Crippen LogP contribution in [0.4, 0.5) is 0 Å². The molecule has 1 heterocycles. The highest BCUT2D eigenvalue weighted by Crippen LogP contribution is 2.47. The normalized spacial score (nSPS) is 26.9. The van der Waals surface area contributed by atoms with Crippen LogP contribution in [0.25, 0.3) is 6.08 Å². The molecular formula is C11H13ClO. The van der Waals surface area contributed by atoms with Gasteiger partial charge in [-0.1, -0.05) is 13.0 Å². The molecule has 0 spiro atoms. The lowest BCUT2D eigenvalue weighted by Crippen LogP contribution is -1.73. The van der Waals surface area contributed by atoms with Crippen LogP contribution in [0.15, 0.2) is 22.6 Å². The summed E-state index contributed by atoms with van der Waals surface area (Å²) >= 11 is 5.53. The van der Waals surface area contributed by atoms with E-state index in [0.717, 1.165) is 17.4 Å². The fourth-order valence-corrected chi connectivity index (χ4v) is 1.63. The minimum absolute atomic E-state index is 0.538. The third-order valence-electron chi connectivity index (χ3n) is 2.49. The zero-order chi connectivity index (χ0) is 9.26. The molecule has 1 saturated carbocycles. The van der Waals surface area contributed by atoms with E-state index in [1.54, 1.807) is 0 Å². The van der Waals surface area contributed by atoms with Crippen LogP contribution in [0.1, 0.15) is 30.8 Å². The van der Waals surface area contributed by atoms with Crippen LogP contribution in [0.3, 0.4) is 0 Å². The molecule has 2 heteroatoms. The first-order chi connectivity index (χ1) is 6.31. The minimum Gasteiger partial charge on any atom is -0.461 e. The Bertz CT molecular complexity index is 314. The van der Waals surface area contributed by atoms with E-state index in [1.807, 2.05) is 18.2 Å². The zero-order valence-corrected chi connectivity index (χ0v) is 8.42. The lowest BCUT2D eigenvalue weighted by molar-refractivity contribution is 0.498. The van der Waals surface area contributed by atoms with Gasteiger partial charge in [-0.15, -0.1) is 11.6 Å². The Morgan fingerprint density at radius 1 is 1.62 bits per heavy atom. The molecule has 0 bridgehead atoms. The molecule has 1 fully saturated rings. The van der Waals surface area contributed by atoms with Crippen molar-refractivity contribution in [3.05, 3.63) is 29.7 Å². The zero-order valence-electron chi connectivity index (χ0n) is 7.66. The molecule has 0 saturated heterocycles. The number of halogens is 1. The first-order valence-corrected chi connectivity index (χ1v) is 5.17. The van der Waals surface area contributed by atoms with Gasteiger partial charge < -0.3 is 4.42 Å². The van der Waals surface area contributed by atoms with Crippen molar-refractivity contribution in [1.29, 1.82) is 0 Å². The van der Waals surface area contributed by atoms with Gasteiger partial charge in [-0.05, 0) is 30.5 Å². The Hall–Kier alpha value is -0.690. The number of rotatable bonds is 3. The molecule has 0 aromatic carbocycles. The van der Waals surface area contributed by atoms with Gasteiger partial charge in [0.15, 0.2) is 0 Å². The summed E-state index contributed by atoms with van der Waals surface area (Å²) < 4.78 is 5.63. The van der Waals surface area contributed by atoms with Crippen LogP contribution in [0.2, 0.25) is 0 Å². The van der Waals surface area contributed by atoms with Gasteiger partial charge in [0.2, 0.25) is 0 Å². The molecule has 1 nitrogen and oxygen atoms in total. The molecule has 1 aliphatic rings. The van der Waals surface area contributed by atoms with Crippen LogP contribution < -0.4 is 0 Å². The Kier molecular flexibility index (Phi) is 2.45. The Labute approximate surface area is 83.4 Å². The first kappa shape index (κ1) is 8.89. The van der Waals surface area contributed by atoms with Crippen molar-refractivity contribution in [2.45, 2.75) is 19.3 Å². The summed E-state index contributed by atoms with van der Waals surface area (Å²) in [5.74, 6) is 4.04. The number of furan rings is 1. The smallest absolute Gasteiger partial charge is 0.126 e. The molecule has 2 unspecified atom stereocenters. The van der Waals surface area contributed by atoms with E-state index >= 15 is 0 Å². The quantitative estimate of drug-likeness (QED) is 0.673. The molecule has 2 atom stereocenters. The highest BCUT2D eigenvalue weighted by atomic mass is 35.5. The van der Waals surface area contributed by atoms with Crippen molar-refractivity contribution in [2.24, 2.45) is 5.92 Å². The highest BCUT2D eigenvalue weighted by molar-refractivity contribution is 6.19. The molecule has 70 valence electrons. The third kappa shape index (κ3) is 1.97. The molecule has 13 heavy (non-hydrogen) atoms. The summed E-state index contributed by atoms with van der Waals surface area (Å²) in [6.45, 7) is 2.25. The fraction of sp³-hybridized carbons (Fsp3) is 0.455. The van der Waals surface area contributed by atoms with Crippen molar-refractivity contribution >= 4 is 17.7 Å². The van der Waals surface area contributed by atoms with E-state index < -0.39 is 0 Å². The van der Waals surface area contributed by atoms with E-state index in [2.05, 4.69) is 13.0 Å². The molecule has 1 aromatic rings. The lowest BCUT2D eigenvalue weighted by Gasteiger charge is -1.89. The van der Waals surface area contributed by atoms with Gasteiger partial charge >= 0.3 is 0 Å². The van der Waals surface area contributed by atoms with E-state index in [0.29, 0.717) is 11.8 Å². The molecule has 0 N–H and O–H groups in total. The van der Waals surface area contributed by atoms with Crippen molar-refractivity contribution in [3.63, 3.8) is 0 Å². The van der Waals surface area contributed by atoms with Gasteiger partial charge in [-0.2, -0.15) is 0 Å². The van der Waals surface area contributed by atoms with E-state index in [4.69, 9.17) is 16.0 Å². The summed E-state index contributed by atoms with van der Waals surface area (Å²) in [6.07, 6.45) is 5.08. The lowest BCUT2D eigenvalue weighted by atomic mass is 10.3. The monoisotopic (exact) mass is 196 g/mol. The topological polar surface area (TPSA) is 13.1 Å². The predicted octanol–water partition coefficient (Wildman–Crippen LogP) is 3.66. The minimum atomic E-state index is 0.538. The number of hydrogen-bond donors (Lipinski definition) is 0. The Balaban J connectivity index is 2.05. The van der Waals surface area contributed by atoms with E-state index in [9.17, 15) is 0 Å². The fourth-order valence-electron chi connectivity index (χ4n) is 1.54. The van der Waals surface area contributed by atoms with Crippen LogP contribution in [0.5, 0.6) is 0 Å². The van der Waals surface area contributed by atoms with E-state index in [-0.39, 0.29) is 0 Å². The molecule has 1 aromatic heterocycles. The van der Waals surface area contributed by atoms with Crippen molar-refractivity contribution in [3.8, 4) is 0 Å². The standard InChI is InChI=1S/C11H13ClO/c1-8-7-10(8)11-5-4-9(13-11)3-2-6-12/h2-5,8,10H,6-7H2,1H3/b3-2+. The molecule has 1 aliphatic carbocycles. The maximum absolute atomic E-state index is 5.63. The van der Waals surface area contributed by atoms with Crippen LogP contribution >= 0.6 is 11.6 Å². The summed E-state index contributed by atoms with van der Waals surface area (Å²) in [7, 11) is 0. The second-order valence-electron chi connectivity index (χ2n) is 3.62. The molecular weight excluding hydrogens is 184 g/mol. The maximum Gasteiger partial charge on any atom is 0.126 e. The van der Waals surface area contributed by atoms with E-state index in [1.165, 1.54) is 6.42 Å². The maximum atomic E-state index is 5.63. The van der Waals surface area contributed by atoms with Gasteiger partial charge in [0, 0.05) is 11.8 Å². The van der Waals surface area contributed by atoms with Gasteiger partial charge in [-0.3, -0.25) is 0 Å². The van der Waals surface area contributed by atoms with Crippen molar-refractivity contribution in [1.82, 2.24) is 0 Å². The predicted molar refractivity (Wildman–Crippen MR) is 55.0 cm³/mol. The van der Waals surface area contributed by atoms with Crippen molar-refractivity contribution < 1.29 is 4.42 Å². The Morgan fingerprint density at radius 2 is 2.38 bits per heavy atom. The van der Waals surface area contributed by atoms with Gasteiger partial charge in [0.1, 0.15) is 11.5 Å². The van der Waals surface area contributed by atoms with Gasteiger partial charge in [0.25, 0.3) is 0 Å². The third-order valence-corrected chi connectivity index (χ3v) is 2.67. The van der Waals surface area contributed by atoms with Gasteiger partial charge in [-0.25, -0.2) is 0 Å². The summed E-state index contributed by atoms with van der Waals surface area (Å²) in [6, 6.07) is 4.07. The second-order valence-corrected chi connectivity index (χ2v) is 3.92. The molecule has 2 rings (SSSR count). The summed E-state index contributed by atoms with van der Waals surface area (Å²) in [5.41, 5.74) is 0.